The van der Waals surface area contributed by atoms with Crippen molar-refractivity contribution in [3.63, 3.8) is 0 Å². The van der Waals surface area contributed by atoms with E-state index < -0.39 is 0 Å². The van der Waals surface area contributed by atoms with Crippen LogP contribution in [0.1, 0.15) is 93.5 Å². The second-order valence-corrected chi connectivity index (χ2v) is 16.9. The monoisotopic (exact) mass is 784 g/mol. The highest BCUT2D eigenvalue weighted by atomic mass is 14.4. The first kappa shape index (κ1) is 39.4. The topological polar surface area (TPSA) is 0 Å². The van der Waals surface area contributed by atoms with Gasteiger partial charge in [-0.25, -0.2) is 0 Å². The molecular formula is C61H52. The van der Waals surface area contributed by atoms with Crippen molar-refractivity contribution in [2.45, 2.75) is 42.9 Å². The minimum Gasteiger partial charge on any atom is -0.0622 e. The Morgan fingerprint density at radius 3 is 0.508 bits per heavy atom. The Hall–Kier alpha value is -7.02. The molecule has 0 aliphatic rings. The lowest BCUT2D eigenvalue weighted by molar-refractivity contribution is 0.690. The molecule has 296 valence electrons. The van der Waals surface area contributed by atoms with Crippen molar-refractivity contribution in [3.8, 4) is 0 Å². The zero-order valence-corrected chi connectivity index (χ0v) is 35.3. The van der Waals surface area contributed by atoms with E-state index in [1.54, 1.807) is 0 Å². The minimum absolute atomic E-state index is 0.0104. The fourth-order valence-electron chi connectivity index (χ4n) is 9.73. The number of benzene rings is 9. The van der Waals surface area contributed by atoms with E-state index in [1.807, 2.05) is 0 Å². The molecule has 0 bridgehead atoms. The fraction of sp³-hybridized carbons (Fsp3) is 0.115. The lowest BCUT2D eigenvalue weighted by Gasteiger charge is -2.33. The van der Waals surface area contributed by atoms with E-state index >= 15 is 0 Å². The summed E-state index contributed by atoms with van der Waals surface area (Å²) in [5, 5.41) is 0. The van der Waals surface area contributed by atoms with Crippen molar-refractivity contribution in [2.24, 2.45) is 0 Å². The molecule has 9 aromatic rings. The molecule has 0 spiro atoms. The van der Waals surface area contributed by atoms with E-state index in [0.29, 0.717) is 0 Å². The van der Waals surface area contributed by atoms with Crippen LogP contribution < -0.4 is 0 Å². The number of hydrogen-bond donors (Lipinski definition) is 0. The van der Waals surface area contributed by atoms with E-state index in [0.717, 1.165) is 0 Å². The second kappa shape index (κ2) is 16.9. The molecule has 0 heterocycles. The van der Waals surface area contributed by atoms with Crippen molar-refractivity contribution in [2.75, 3.05) is 0 Å². The van der Waals surface area contributed by atoms with E-state index in [1.165, 1.54) is 66.8 Å². The summed E-state index contributed by atoms with van der Waals surface area (Å²) in [6.45, 7) is 7.07. The predicted octanol–water partition coefficient (Wildman–Crippen LogP) is 14.9. The highest BCUT2D eigenvalue weighted by Crippen LogP contribution is 2.44. The molecule has 9 aromatic carbocycles. The molecule has 9 rings (SSSR count). The maximum Gasteiger partial charge on any atom is 0.0423 e. The Bertz CT molecular complexity index is 2320. The first-order chi connectivity index (χ1) is 29.9. The second-order valence-electron chi connectivity index (χ2n) is 16.9. The maximum atomic E-state index is 2.36. The van der Waals surface area contributed by atoms with Gasteiger partial charge in [-0.15, -0.1) is 0 Å². The first-order valence-electron chi connectivity index (χ1n) is 21.5. The van der Waals surface area contributed by atoms with E-state index in [2.05, 4.69) is 276 Å². The summed E-state index contributed by atoms with van der Waals surface area (Å²) >= 11 is 0. The summed E-state index contributed by atoms with van der Waals surface area (Å²) in [4.78, 5) is 0. The van der Waals surface area contributed by atoms with Crippen LogP contribution in [0.15, 0.2) is 255 Å². The van der Waals surface area contributed by atoms with Gasteiger partial charge in [-0.2, -0.15) is 0 Å². The quantitative estimate of drug-likeness (QED) is 0.108. The third-order valence-electron chi connectivity index (χ3n) is 13.6. The van der Waals surface area contributed by atoms with Gasteiger partial charge in [0.05, 0.1) is 0 Å². The molecule has 0 atom stereocenters. The zero-order chi connectivity index (χ0) is 41.7. The minimum atomic E-state index is -0.321. The van der Waals surface area contributed by atoms with Gasteiger partial charge in [0.2, 0.25) is 0 Å². The van der Waals surface area contributed by atoms with Crippen molar-refractivity contribution >= 4 is 0 Å². The molecule has 0 amide bonds. The van der Waals surface area contributed by atoms with Crippen molar-refractivity contribution in [3.05, 3.63) is 322 Å². The molecule has 0 saturated carbocycles. The van der Waals surface area contributed by atoms with Crippen molar-refractivity contribution < 1.29 is 0 Å². The fourth-order valence-corrected chi connectivity index (χ4v) is 9.73. The zero-order valence-electron chi connectivity index (χ0n) is 35.3. The normalized spacial score (nSPS) is 12.0. The average molecular weight is 785 g/mol. The molecule has 0 saturated heterocycles. The molecule has 0 aromatic heterocycles. The molecular weight excluding hydrogens is 733 g/mol. The lowest BCUT2D eigenvalue weighted by Crippen LogP contribution is -2.25. The Morgan fingerprint density at radius 2 is 0.344 bits per heavy atom. The Balaban J connectivity index is 1.17. The maximum absolute atomic E-state index is 2.36. The summed E-state index contributed by atoms with van der Waals surface area (Å²) < 4.78 is 0. The molecule has 0 radical (unpaired) electrons. The van der Waals surface area contributed by atoms with Crippen LogP contribution in [-0.4, -0.2) is 0 Å². The molecule has 61 heavy (non-hydrogen) atoms. The van der Waals surface area contributed by atoms with Gasteiger partial charge in [0.1, 0.15) is 0 Å². The molecule has 0 nitrogen and oxygen atoms in total. The SMILES string of the molecule is CC(c1ccccc1)(c1ccccc1)c1ccc(C(c2ccc(C(C)(c3ccccc3)c3ccccc3)cc2)c2ccc(C(C)(c3ccccc3)c3ccccc3)cc2)cc1. The number of hydrogen-bond acceptors (Lipinski definition) is 0. The van der Waals surface area contributed by atoms with Gasteiger partial charge in [-0.3, -0.25) is 0 Å². The van der Waals surface area contributed by atoms with E-state index in [-0.39, 0.29) is 22.2 Å². The van der Waals surface area contributed by atoms with E-state index in [9.17, 15) is 0 Å². The van der Waals surface area contributed by atoms with Crippen LogP contribution in [0.3, 0.4) is 0 Å². The van der Waals surface area contributed by atoms with Crippen LogP contribution >= 0.6 is 0 Å². The van der Waals surface area contributed by atoms with Crippen LogP contribution in [0.25, 0.3) is 0 Å². The molecule has 0 fully saturated rings. The highest BCUT2D eigenvalue weighted by molar-refractivity contribution is 5.56. The van der Waals surface area contributed by atoms with Gasteiger partial charge >= 0.3 is 0 Å². The summed E-state index contributed by atoms with van der Waals surface area (Å²) in [7, 11) is 0. The van der Waals surface area contributed by atoms with Gasteiger partial charge in [0, 0.05) is 22.2 Å². The third kappa shape index (κ3) is 7.34. The van der Waals surface area contributed by atoms with Crippen LogP contribution in [0.5, 0.6) is 0 Å². The molecule has 0 heteroatoms. The molecule has 0 unspecified atom stereocenters. The smallest absolute Gasteiger partial charge is 0.0423 e. The largest absolute Gasteiger partial charge is 0.0622 e. The van der Waals surface area contributed by atoms with Crippen LogP contribution in [0.4, 0.5) is 0 Å². The lowest BCUT2D eigenvalue weighted by atomic mass is 9.69. The average Bonchev–Trinajstić information content (AvgIpc) is 3.35. The Kier molecular flexibility index (Phi) is 10.9. The van der Waals surface area contributed by atoms with Gasteiger partial charge in [-0.1, -0.05) is 255 Å². The van der Waals surface area contributed by atoms with Gasteiger partial charge in [-0.05, 0) is 87.5 Å². The standard InChI is InChI=1S/C61H52/c1-59(49-22-10-4-11-23-49,50-24-12-5-13-25-50)55-40-34-46(35-41-55)58(47-36-42-56(43-37-47)60(2,51-26-14-6-15-27-51)52-28-16-7-17-29-52)48-38-44-57(45-39-48)61(3,53-30-18-8-19-31-53)54-32-20-9-21-33-54/h4-45,58H,1-3H3. The predicted molar refractivity (Wildman–Crippen MR) is 256 cm³/mol. The molecule has 0 aliphatic heterocycles. The van der Waals surface area contributed by atoms with E-state index in [4.69, 9.17) is 0 Å². The molecule has 0 aliphatic carbocycles. The van der Waals surface area contributed by atoms with Gasteiger partial charge in [0.25, 0.3) is 0 Å². The van der Waals surface area contributed by atoms with Crippen LogP contribution in [0, 0.1) is 0 Å². The summed E-state index contributed by atoms with van der Waals surface area (Å²) in [6, 6.07) is 93.7. The van der Waals surface area contributed by atoms with Gasteiger partial charge < -0.3 is 0 Å². The van der Waals surface area contributed by atoms with Crippen LogP contribution in [-0.2, 0) is 16.2 Å². The molecule has 0 N–H and O–H groups in total. The summed E-state index contributed by atoms with van der Waals surface area (Å²) in [5.74, 6) is 0.0104. The Labute approximate surface area is 362 Å². The van der Waals surface area contributed by atoms with Crippen LogP contribution in [0.2, 0.25) is 0 Å². The van der Waals surface area contributed by atoms with Crippen molar-refractivity contribution in [1.29, 1.82) is 0 Å². The summed E-state index contributed by atoms with van der Waals surface area (Å²) in [6.07, 6.45) is 0. The summed E-state index contributed by atoms with van der Waals surface area (Å²) in [5.41, 5.74) is 14.3. The van der Waals surface area contributed by atoms with Crippen molar-refractivity contribution in [1.82, 2.24) is 0 Å². The highest BCUT2D eigenvalue weighted by Gasteiger charge is 2.34. The number of rotatable bonds is 12. The Morgan fingerprint density at radius 1 is 0.197 bits per heavy atom. The first-order valence-corrected chi connectivity index (χ1v) is 21.5. The van der Waals surface area contributed by atoms with Gasteiger partial charge in [0.15, 0.2) is 0 Å². The third-order valence-corrected chi connectivity index (χ3v) is 13.6.